The van der Waals surface area contributed by atoms with Gasteiger partial charge in [0, 0.05) is 11.4 Å². The zero-order chi connectivity index (χ0) is 14.9. The number of hydrogen-bond donors (Lipinski definition) is 2. The third-order valence-electron chi connectivity index (χ3n) is 3.04. The number of aromatic amines is 1. The topological polar surface area (TPSA) is 62.0 Å². The minimum atomic E-state index is -0.255. The predicted molar refractivity (Wildman–Crippen MR) is 82.8 cm³/mol. The quantitative estimate of drug-likeness (QED) is 0.891. The Morgan fingerprint density at radius 2 is 1.80 bits per heavy atom. The Morgan fingerprint density at radius 1 is 1.20 bits per heavy atom. The number of thiazole rings is 1. The summed E-state index contributed by atoms with van der Waals surface area (Å²) in [5.41, 5.74) is 2.62. The maximum absolute atomic E-state index is 12.1. The minimum Gasteiger partial charge on any atom is -0.321 e. The molecule has 1 aromatic carbocycles. The molecule has 0 saturated carbocycles. The van der Waals surface area contributed by atoms with Crippen molar-refractivity contribution >= 4 is 22.9 Å². The molecule has 0 aliphatic rings. The van der Waals surface area contributed by atoms with Crippen molar-refractivity contribution in [3.05, 3.63) is 50.1 Å². The average Bonchev–Trinajstić information content (AvgIpc) is 2.68. The highest BCUT2D eigenvalue weighted by Gasteiger charge is 2.15. The van der Waals surface area contributed by atoms with Crippen molar-refractivity contribution in [1.29, 1.82) is 0 Å². The Bertz CT molecular complexity index is 675. The summed E-state index contributed by atoms with van der Waals surface area (Å²) in [5.74, 6) is -0.255. The van der Waals surface area contributed by atoms with Gasteiger partial charge in [-0.2, -0.15) is 0 Å². The van der Waals surface area contributed by atoms with E-state index in [2.05, 4.69) is 31.1 Å². The smallest absolute Gasteiger partial charge is 0.305 e. The van der Waals surface area contributed by atoms with Crippen LogP contribution in [0.1, 0.15) is 41.7 Å². The molecule has 5 heteroatoms. The van der Waals surface area contributed by atoms with E-state index in [1.165, 1.54) is 5.56 Å². The summed E-state index contributed by atoms with van der Waals surface area (Å²) in [7, 11) is 0. The van der Waals surface area contributed by atoms with Crippen molar-refractivity contribution < 1.29 is 4.79 Å². The predicted octanol–water partition coefficient (Wildman–Crippen LogP) is 3.29. The van der Waals surface area contributed by atoms with E-state index in [0.717, 1.165) is 17.0 Å². The number of amides is 1. The first-order valence-electron chi connectivity index (χ1n) is 6.39. The Labute approximate surface area is 121 Å². The van der Waals surface area contributed by atoms with Crippen LogP contribution in [0.4, 0.5) is 5.69 Å². The number of H-pyrrole nitrogens is 1. The second-order valence-corrected chi connectivity index (χ2v) is 6.73. The Balaban J connectivity index is 2.16. The Kier molecular flexibility index (Phi) is 3.81. The average molecular weight is 290 g/mol. The van der Waals surface area contributed by atoms with Crippen molar-refractivity contribution in [3.8, 4) is 0 Å². The molecular weight excluding hydrogens is 272 g/mol. The molecule has 1 heterocycles. The molecule has 0 saturated heterocycles. The van der Waals surface area contributed by atoms with Crippen LogP contribution in [-0.4, -0.2) is 10.9 Å². The first kappa shape index (κ1) is 14.5. The van der Waals surface area contributed by atoms with Gasteiger partial charge >= 0.3 is 4.87 Å². The number of carbonyl (C=O) groups excluding carboxylic acids is 1. The molecular formula is C15H18N2O2S. The van der Waals surface area contributed by atoms with E-state index in [0.29, 0.717) is 10.6 Å². The molecule has 1 aromatic heterocycles. The molecule has 0 bridgehead atoms. The highest BCUT2D eigenvalue weighted by molar-refractivity contribution is 7.11. The fourth-order valence-electron chi connectivity index (χ4n) is 1.86. The molecule has 0 aliphatic carbocycles. The number of benzene rings is 1. The number of carbonyl (C=O) groups is 1. The van der Waals surface area contributed by atoms with Gasteiger partial charge in [-0.3, -0.25) is 9.59 Å². The number of anilines is 1. The van der Waals surface area contributed by atoms with Crippen molar-refractivity contribution in [1.82, 2.24) is 4.98 Å². The molecule has 0 spiro atoms. The lowest BCUT2D eigenvalue weighted by Crippen LogP contribution is -2.13. The number of aromatic nitrogens is 1. The summed E-state index contributed by atoms with van der Waals surface area (Å²) in [6.07, 6.45) is 0. The Hall–Kier alpha value is -1.88. The molecule has 106 valence electrons. The second-order valence-electron chi connectivity index (χ2n) is 5.75. The van der Waals surface area contributed by atoms with Gasteiger partial charge in [-0.05, 0) is 30.0 Å². The van der Waals surface area contributed by atoms with E-state index in [1.807, 2.05) is 24.3 Å². The highest BCUT2D eigenvalue weighted by atomic mass is 32.1. The second kappa shape index (κ2) is 5.25. The van der Waals surface area contributed by atoms with E-state index >= 15 is 0 Å². The highest BCUT2D eigenvalue weighted by Crippen LogP contribution is 2.23. The lowest BCUT2D eigenvalue weighted by molar-refractivity contribution is 0.103. The summed E-state index contributed by atoms with van der Waals surface area (Å²) in [5, 5.41) is 2.80. The summed E-state index contributed by atoms with van der Waals surface area (Å²) >= 11 is 0.926. The molecule has 2 rings (SSSR count). The van der Waals surface area contributed by atoms with Crippen LogP contribution in [0.15, 0.2) is 29.1 Å². The van der Waals surface area contributed by atoms with Gasteiger partial charge in [0.2, 0.25) is 0 Å². The van der Waals surface area contributed by atoms with Crippen LogP contribution in [-0.2, 0) is 5.41 Å². The third kappa shape index (κ3) is 3.17. The molecule has 4 nitrogen and oxygen atoms in total. The van der Waals surface area contributed by atoms with Crippen LogP contribution in [0.5, 0.6) is 0 Å². The lowest BCUT2D eigenvalue weighted by atomic mass is 9.87. The van der Waals surface area contributed by atoms with Gasteiger partial charge in [0.15, 0.2) is 0 Å². The lowest BCUT2D eigenvalue weighted by Gasteiger charge is -2.19. The van der Waals surface area contributed by atoms with E-state index in [9.17, 15) is 9.59 Å². The molecule has 0 atom stereocenters. The zero-order valence-electron chi connectivity index (χ0n) is 12.0. The van der Waals surface area contributed by atoms with E-state index < -0.39 is 0 Å². The first-order chi connectivity index (χ1) is 9.27. The van der Waals surface area contributed by atoms with Crippen LogP contribution in [0.2, 0.25) is 0 Å². The maximum Gasteiger partial charge on any atom is 0.305 e. The summed E-state index contributed by atoms with van der Waals surface area (Å²) in [6.45, 7) is 8.14. The van der Waals surface area contributed by atoms with Gasteiger partial charge in [0.25, 0.3) is 5.91 Å². The molecule has 2 aromatic rings. The molecule has 1 amide bonds. The van der Waals surface area contributed by atoms with Crippen molar-refractivity contribution in [2.24, 2.45) is 0 Å². The van der Waals surface area contributed by atoms with Crippen molar-refractivity contribution in [2.45, 2.75) is 33.1 Å². The standard InChI is InChI=1S/C15H18N2O2S/c1-9-12(20-14(19)16-9)13(18)17-11-7-5-10(6-8-11)15(2,3)4/h5-8H,1-4H3,(H,16,19)(H,17,18). The van der Waals surface area contributed by atoms with Crippen LogP contribution in [0, 0.1) is 6.92 Å². The molecule has 0 aliphatic heterocycles. The van der Waals surface area contributed by atoms with Gasteiger partial charge in [-0.15, -0.1) is 0 Å². The maximum atomic E-state index is 12.1. The fourth-order valence-corrected chi connectivity index (χ4v) is 2.60. The summed E-state index contributed by atoms with van der Waals surface area (Å²) in [4.78, 5) is 26.1. The van der Waals surface area contributed by atoms with Crippen molar-refractivity contribution in [2.75, 3.05) is 5.32 Å². The van der Waals surface area contributed by atoms with Gasteiger partial charge in [0.05, 0.1) is 0 Å². The largest absolute Gasteiger partial charge is 0.321 e. The number of nitrogens with one attached hydrogen (secondary N) is 2. The number of aryl methyl sites for hydroxylation is 1. The number of rotatable bonds is 2. The van der Waals surface area contributed by atoms with E-state index in [-0.39, 0.29) is 16.2 Å². The van der Waals surface area contributed by atoms with Gasteiger partial charge in [-0.1, -0.05) is 44.2 Å². The fraction of sp³-hybridized carbons (Fsp3) is 0.333. The number of hydrogen-bond acceptors (Lipinski definition) is 3. The van der Waals surface area contributed by atoms with Crippen molar-refractivity contribution in [3.63, 3.8) is 0 Å². The first-order valence-corrected chi connectivity index (χ1v) is 7.20. The van der Waals surface area contributed by atoms with Crippen LogP contribution < -0.4 is 10.2 Å². The monoisotopic (exact) mass is 290 g/mol. The van der Waals surface area contributed by atoms with Gasteiger partial charge in [-0.25, -0.2) is 0 Å². The van der Waals surface area contributed by atoms with E-state index in [1.54, 1.807) is 6.92 Å². The molecule has 20 heavy (non-hydrogen) atoms. The normalized spacial score (nSPS) is 11.4. The molecule has 0 radical (unpaired) electrons. The van der Waals surface area contributed by atoms with Crippen LogP contribution >= 0.6 is 11.3 Å². The molecule has 0 fully saturated rings. The summed E-state index contributed by atoms with van der Waals surface area (Å²) in [6, 6.07) is 7.76. The minimum absolute atomic E-state index is 0.0826. The SMILES string of the molecule is Cc1[nH]c(=O)sc1C(=O)Nc1ccc(C(C)(C)C)cc1. The van der Waals surface area contributed by atoms with Gasteiger partial charge < -0.3 is 10.3 Å². The zero-order valence-corrected chi connectivity index (χ0v) is 12.9. The third-order valence-corrected chi connectivity index (χ3v) is 4.02. The molecule has 2 N–H and O–H groups in total. The van der Waals surface area contributed by atoms with Crippen LogP contribution in [0.3, 0.4) is 0 Å². The Morgan fingerprint density at radius 3 is 2.25 bits per heavy atom. The molecule has 0 unspecified atom stereocenters. The van der Waals surface area contributed by atoms with E-state index in [4.69, 9.17) is 0 Å². The summed E-state index contributed by atoms with van der Waals surface area (Å²) < 4.78 is 0. The van der Waals surface area contributed by atoms with Gasteiger partial charge in [0.1, 0.15) is 4.88 Å². The van der Waals surface area contributed by atoms with Crippen LogP contribution in [0.25, 0.3) is 0 Å².